The zero-order chi connectivity index (χ0) is 26.1. The molecule has 2 aromatic carbocycles. The van der Waals surface area contributed by atoms with Gasteiger partial charge in [-0.2, -0.15) is 9.78 Å². The summed E-state index contributed by atoms with van der Waals surface area (Å²) < 4.78 is 20.8. The summed E-state index contributed by atoms with van der Waals surface area (Å²) in [4.78, 5) is 47.3. The average Bonchev–Trinajstić information content (AvgIpc) is 3.25. The number of pyridine rings is 1. The van der Waals surface area contributed by atoms with E-state index in [1.807, 2.05) is 0 Å². The first-order valence-electron chi connectivity index (χ1n) is 10.6. The normalized spacial score (nSPS) is 10.9. The Morgan fingerprint density at radius 2 is 1.83 bits per heavy atom. The second-order valence-corrected chi connectivity index (χ2v) is 8.17. The number of halogens is 2. The van der Waals surface area contributed by atoms with E-state index in [1.165, 1.54) is 45.7 Å². The topological polar surface area (TPSA) is 104 Å². The van der Waals surface area contributed by atoms with Gasteiger partial charge in [0.25, 0.3) is 11.8 Å². The van der Waals surface area contributed by atoms with Crippen molar-refractivity contribution in [1.82, 2.24) is 19.8 Å². The number of nitrogens with zero attached hydrogens (tertiary/aromatic N) is 4. The highest BCUT2D eigenvalue weighted by Gasteiger charge is 2.25. The third-order valence-electron chi connectivity index (χ3n) is 5.60. The minimum atomic E-state index is -0.771. The van der Waals surface area contributed by atoms with Crippen LogP contribution >= 0.6 is 11.6 Å². The predicted octanol–water partition coefficient (Wildman–Crippen LogP) is 4.31. The average molecular weight is 511 g/mol. The monoisotopic (exact) mass is 510 g/mol. The van der Waals surface area contributed by atoms with Crippen molar-refractivity contribution in [2.45, 2.75) is 6.92 Å². The van der Waals surface area contributed by atoms with E-state index in [9.17, 15) is 14.4 Å². The van der Waals surface area contributed by atoms with Crippen LogP contribution in [0.15, 0.2) is 48.7 Å². The fourth-order valence-electron chi connectivity index (χ4n) is 3.68. The number of esters is 1. The highest BCUT2D eigenvalue weighted by molar-refractivity contribution is 6.34. The Balaban J connectivity index is 1.97. The number of carbonyl (C=O) groups excluding carboxylic acids is 3. The lowest BCUT2D eigenvalue weighted by Gasteiger charge is -2.13. The first kappa shape index (κ1) is 25.0. The minimum Gasteiger partial charge on any atom is -0.465 e. The van der Waals surface area contributed by atoms with E-state index in [0.717, 1.165) is 15.8 Å². The Bertz CT molecular complexity index is 1510. The van der Waals surface area contributed by atoms with Gasteiger partial charge in [0.2, 0.25) is 0 Å². The minimum absolute atomic E-state index is 0.00401. The Morgan fingerprint density at radius 3 is 2.47 bits per heavy atom. The molecule has 9 nitrogen and oxygen atoms in total. The second-order valence-electron chi connectivity index (χ2n) is 7.76. The highest BCUT2D eigenvalue weighted by Crippen LogP contribution is 2.31. The highest BCUT2D eigenvalue weighted by atomic mass is 35.5. The second kappa shape index (κ2) is 9.84. The molecule has 0 aliphatic carbocycles. The summed E-state index contributed by atoms with van der Waals surface area (Å²) in [6, 6.07) is 10.1. The van der Waals surface area contributed by atoms with Gasteiger partial charge in [0.15, 0.2) is 0 Å². The van der Waals surface area contributed by atoms with E-state index in [0.29, 0.717) is 5.56 Å². The van der Waals surface area contributed by atoms with Crippen molar-refractivity contribution in [2.75, 3.05) is 21.3 Å². The third-order valence-corrected chi connectivity index (χ3v) is 5.92. The van der Waals surface area contributed by atoms with Gasteiger partial charge in [-0.1, -0.05) is 23.7 Å². The van der Waals surface area contributed by atoms with Gasteiger partial charge < -0.3 is 4.74 Å². The maximum Gasteiger partial charge on any atom is 0.337 e. The van der Waals surface area contributed by atoms with E-state index in [-0.39, 0.29) is 44.0 Å². The van der Waals surface area contributed by atoms with Crippen molar-refractivity contribution in [3.63, 3.8) is 0 Å². The summed E-state index contributed by atoms with van der Waals surface area (Å²) in [5.41, 5.74) is 1.27. The number of benzene rings is 2. The summed E-state index contributed by atoms with van der Waals surface area (Å²) in [7, 11) is 3.94. The standard InChI is InChI=1S/C25H20ClFN4O5/c1-13-6-5-7-17(26)20(13)24(33)31-19-11-15(23(32)30(2)36-4)12-28-22(19)21(29-31)16-9-8-14(10-18(16)27)25(34)35-3/h5-12H,1-4H3. The van der Waals surface area contributed by atoms with Crippen molar-refractivity contribution in [1.29, 1.82) is 0 Å². The van der Waals surface area contributed by atoms with Gasteiger partial charge in [-0.15, -0.1) is 0 Å². The first-order chi connectivity index (χ1) is 17.2. The Hall–Kier alpha value is -4.15. The summed E-state index contributed by atoms with van der Waals surface area (Å²) in [6.07, 6.45) is 1.28. The number of methoxy groups -OCH3 is 1. The van der Waals surface area contributed by atoms with Crippen LogP contribution in [-0.2, 0) is 9.57 Å². The molecule has 2 aromatic heterocycles. The zero-order valence-electron chi connectivity index (χ0n) is 19.7. The molecule has 2 heterocycles. The molecule has 0 saturated heterocycles. The molecule has 4 rings (SSSR count). The van der Waals surface area contributed by atoms with E-state index in [4.69, 9.17) is 16.4 Å². The van der Waals surface area contributed by atoms with Crippen LogP contribution in [0.5, 0.6) is 0 Å². The molecule has 0 bridgehead atoms. The number of aromatic nitrogens is 3. The molecule has 4 aromatic rings. The smallest absolute Gasteiger partial charge is 0.337 e. The van der Waals surface area contributed by atoms with Crippen molar-refractivity contribution >= 4 is 40.4 Å². The van der Waals surface area contributed by atoms with Gasteiger partial charge >= 0.3 is 5.97 Å². The summed E-state index contributed by atoms with van der Waals surface area (Å²) in [5, 5.41) is 5.58. The van der Waals surface area contributed by atoms with Crippen LogP contribution < -0.4 is 0 Å². The van der Waals surface area contributed by atoms with Gasteiger partial charge in [-0.05, 0) is 42.8 Å². The maximum absolute atomic E-state index is 15.1. The molecule has 0 unspecified atom stereocenters. The van der Waals surface area contributed by atoms with Crippen LogP contribution in [0, 0.1) is 12.7 Å². The Morgan fingerprint density at radius 1 is 1.08 bits per heavy atom. The number of carbonyl (C=O) groups is 3. The van der Waals surface area contributed by atoms with E-state index in [1.54, 1.807) is 25.1 Å². The van der Waals surface area contributed by atoms with E-state index < -0.39 is 23.6 Å². The van der Waals surface area contributed by atoms with Crippen LogP contribution in [0.25, 0.3) is 22.3 Å². The number of aryl methyl sites for hydroxylation is 1. The lowest BCUT2D eigenvalue weighted by Crippen LogP contribution is -2.25. The Labute approximate surface area is 210 Å². The largest absolute Gasteiger partial charge is 0.465 e. The van der Waals surface area contributed by atoms with Gasteiger partial charge in [-0.25, -0.2) is 14.2 Å². The van der Waals surface area contributed by atoms with Gasteiger partial charge in [0, 0.05) is 18.8 Å². The molecule has 0 saturated carbocycles. The number of fused-ring (bicyclic) bond motifs is 1. The molecule has 0 spiro atoms. The lowest BCUT2D eigenvalue weighted by molar-refractivity contribution is -0.0757. The van der Waals surface area contributed by atoms with Gasteiger partial charge in [-0.3, -0.25) is 19.4 Å². The molecule has 0 aliphatic heterocycles. The molecule has 0 fully saturated rings. The molecular formula is C25H20ClFN4O5. The van der Waals surface area contributed by atoms with Crippen molar-refractivity contribution in [2.24, 2.45) is 0 Å². The summed E-state index contributed by atoms with van der Waals surface area (Å²) in [6.45, 7) is 1.72. The molecule has 0 aliphatic rings. The van der Waals surface area contributed by atoms with Crippen molar-refractivity contribution in [3.8, 4) is 11.3 Å². The lowest BCUT2D eigenvalue weighted by atomic mass is 10.1. The van der Waals surface area contributed by atoms with Crippen LogP contribution in [0.3, 0.4) is 0 Å². The predicted molar refractivity (Wildman–Crippen MR) is 129 cm³/mol. The molecular weight excluding hydrogens is 491 g/mol. The summed E-state index contributed by atoms with van der Waals surface area (Å²) >= 11 is 6.32. The number of amides is 1. The van der Waals surface area contributed by atoms with Crippen LogP contribution in [-0.4, -0.2) is 58.9 Å². The molecule has 184 valence electrons. The molecule has 0 N–H and O–H groups in total. The number of ether oxygens (including phenoxy) is 1. The fourth-order valence-corrected chi connectivity index (χ4v) is 3.98. The van der Waals surface area contributed by atoms with Crippen molar-refractivity contribution < 1.29 is 28.3 Å². The summed E-state index contributed by atoms with van der Waals surface area (Å²) in [5.74, 6) is -2.58. The fraction of sp³-hybridized carbons (Fsp3) is 0.160. The maximum atomic E-state index is 15.1. The number of hydrogen-bond donors (Lipinski definition) is 0. The SMILES string of the molecule is COC(=O)c1ccc(-c2nn(C(=O)c3c(C)cccc3Cl)c3cc(C(=O)N(C)OC)cnc23)c(F)c1. The molecule has 0 atom stereocenters. The van der Waals surface area contributed by atoms with Crippen molar-refractivity contribution in [3.05, 3.63) is 81.8 Å². The van der Waals surface area contributed by atoms with Crippen LogP contribution in [0.2, 0.25) is 5.02 Å². The molecule has 0 radical (unpaired) electrons. The molecule has 11 heteroatoms. The molecule has 1 amide bonds. The quantitative estimate of drug-likeness (QED) is 0.291. The van der Waals surface area contributed by atoms with E-state index in [2.05, 4.69) is 14.8 Å². The number of hydroxylamine groups is 2. The van der Waals surface area contributed by atoms with Crippen LogP contribution in [0.1, 0.15) is 36.6 Å². The van der Waals surface area contributed by atoms with E-state index >= 15 is 4.39 Å². The number of hydrogen-bond acceptors (Lipinski definition) is 7. The van der Waals surface area contributed by atoms with Crippen LogP contribution in [0.4, 0.5) is 4.39 Å². The molecule has 36 heavy (non-hydrogen) atoms. The number of rotatable bonds is 5. The first-order valence-corrected chi connectivity index (χ1v) is 10.9. The zero-order valence-corrected chi connectivity index (χ0v) is 20.5. The Kier molecular flexibility index (Phi) is 6.82. The van der Waals surface area contributed by atoms with Gasteiger partial charge in [0.05, 0.1) is 41.4 Å². The third kappa shape index (κ3) is 4.32. The van der Waals surface area contributed by atoms with Gasteiger partial charge in [0.1, 0.15) is 17.0 Å².